The minimum Gasteiger partial charge on any atom is -0.399 e. The van der Waals surface area contributed by atoms with Crippen LogP contribution >= 0.6 is 12.4 Å². The van der Waals surface area contributed by atoms with Crippen molar-refractivity contribution in [2.45, 2.75) is 19.4 Å². The van der Waals surface area contributed by atoms with E-state index in [9.17, 15) is 0 Å². The maximum Gasteiger partial charge on any atom is 0.0314 e. The van der Waals surface area contributed by atoms with E-state index in [1.54, 1.807) is 5.57 Å². The Hall–Kier alpha value is -2.81. The standard InChI is InChI=1S/C27H26N2.ClH/c28-24-13-9-20(10-14-24)19-29-17-15-23(16-18-29)27-25-7-3-1-5-21(25)11-12-22-6-2-4-8-26(22)27;/h1-14H,15-19,28H2;1H. The second-order valence-corrected chi connectivity index (χ2v) is 8.00. The molecular formula is C27H27ClN2. The van der Waals surface area contributed by atoms with Gasteiger partial charge < -0.3 is 5.73 Å². The van der Waals surface area contributed by atoms with Crippen LogP contribution in [0.4, 0.5) is 5.69 Å². The minimum absolute atomic E-state index is 0. The second kappa shape index (κ2) is 8.91. The van der Waals surface area contributed by atoms with Crippen molar-refractivity contribution in [3.05, 3.63) is 106 Å². The maximum atomic E-state index is 5.83. The van der Waals surface area contributed by atoms with Crippen molar-refractivity contribution in [2.24, 2.45) is 0 Å². The first-order valence-corrected chi connectivity index (χ1v) is 10.4. The molecule has 30 heavy (non-hydrogen) atoms. The van der Waals surface area contributed by atoms with Crippen LogP contribution in [0.15, 0.2) is 78.4 Å². The van der Waals surface area contributed by atoms with Crippen LogP contribution in [0.25, 0.3) is 17.7 Å². The van der Waals surface area contributed by atoms with Crippen LogP contribution in [-0.4, -0.2) is 18.0 Å². The lowest BCUT2D eigenvalue weighted by molar-refractivity contribution is 0.248. The van der Waals surface area contributed by atoms with Crippen LogP contribution in [0, 0.1) is 0 Å². The fourth-order valence-corrected chi connectivity index (χ4v) is 4.56. The summed E-state index contributed by atoms with van der Waals surface area (Å²) in [6.07, 6.45) is 6.76. The number of benzene rings is 3. The molecule has 152 valence electrons. The van der Waals surface area contributed by atoms with E-state index in [2.05, 4.69) is 77.7 Å². The van der Waals surface area contributed by atoms with Crippen molar-refractivity contribution in [1.82, 2.24) is 4.90 Å². The number of likely N-dealkylation sites (tertiary alicyclic amines) is 1. The van der Waals surface area contributed by atoms with Gasteiger partial charge in [0.05, 0.1) is 0 Å². The van der Waals surface area contributed by atoms with Gasteiger partial charge in [-0.15, -0.1) is 12.4 Å². The van der Waals surface area contributed by atoms with Crippen LogP contribution in [0.3, 0.4) is 0 Å². The highest BCUT2D eigenvalue weighted by Gasteiger charge is 2.22. The van der Waals surface area contributed by atoms with Crippen molar-refractivity contribution in [3.63, 3.8) is 0 Å². The predicted molar refractivity (Wildman–Crippen MR) is 130 cm³/mol. The topological polar surface area (TPSA) is 29.3 Å². The zero-order valence-electron chi connectivity index (χ0n) is 17.1. The number of nitrogens with zero attached hydrogens (tertiary/aromatic N) is 1. The molecule has 1 aliphatic carbocycles. The Morgan fingerprint density at radius 3 is 1.80 bits per heavy atom. The fraction of sp³-hybridized carbons (Fsp3) is 0.185. The zero-order valence-corrected chi connectivity index (χ0v) is 17.9. The van der Waals surface area contributed by atoms with Crippen LogP contribution < -0.4 is 5.73 Å². The summed E-state index contributed by atoms with van der Waals surface area (Å²) in [7, 11) is 0. The zero-order chi connectivity index (χ0) is 19.6. The lowest BCUT2D eigenvalue weighted by Crippen LogP contribution is -2.30. The number of piperidine rings is 1. The fourth-order valence-electron chi connectivity index (χ4n) is 4.56. The quantitative estimate of drug-likeness (QED) is 0.391. The third-order valence-electron chi connectivity index (χ3n) is 6.10. The van der Waals surface area contributed by atoms with E-state index >= 15 is 0 Å². The molecule has 1 saturated heterocycles. The van der Waals surface area contributed by atoms with Crippen molar-refractivity contribution in [3.8, 4) is 0 Å². The third kappa shape index (κ3) is 4.07. The summed E-state index contributed by atoms with van der Waals surface area (Å²) in [5.74, 6) is 0. The molecule has 1 aliphatic heterocycles. The molecule has 0 aromatic heterocycles. The molecule has 3 aromatic rings. The van der Waals surface area contributed by atoms with Gasteiger partial charge in [-0.05, 0) is 58.4 Å². The Labute approximate surface area is 185 Å². The predicted octanol–water partition coefficient (Wildman–Crippen LogP) is 6.27. The van der Waals surface area contributed by atoms with E-state index < -0.39 is 0 Å². The minimum atomic E-state index is 0. The van der Waals surface area contributed by atoms with Gasteiger partial charge in [-0.3, -0.25) is 4.90 Å². The van der Waals surface area contributed by atoms with Gasteiger partial charge in [-0.2, -0.15) is 0 Å². The average Bonchev–Trinajstić information content (AvgIpc) is 2.93. The molecule has 0 spiro atoms. The van der Waals surface area contributed by atoms with E-state index in [0.717, 1.165) is 38.2 Å². The van der Waals surface area contributed by atoms with Gasteiger partial charge in [-0.1, -0.05) is 78.4 Å². The summed E-state index contributed by atoms with van der Waals surface area (Å²) in [4.78, 5) is 2.56. The smallest absolute Gasteiger partial charge is 0.0314 e. The van der Waals surface area contributed by atoms with Crippen LogP contribution in [0.5, 0.6) is 0 Å². The Bertz CT molecular complexity index is 1030. The first-order valence-electron chi connectivity index (χ1n) is 10.4. The van der Waals surface area contributed by atoms with Crippen LogP contribution in [0.1, 0.15) is 40.7 Å². The highest BCUT2D eigenvalue weighted by Crippen LogP contribution is 2.38. The van der Waals surface area contributed by atoms with Gasteiger partial charge in [0, 0.05) is 25.3 Å². The molecule has 3 heteroatoms. The van der Waals surface area contributed by atoms with Gasteiger partial charge in [0.25, 0.3) is 0 Å². The first-order chi connectivity index (χ1) is 14.3. The van der Waals surface area contributed by atoms with Gasteiger partial charge in [0.1, 0.15) is 0 Å². The van der Waals surface area contributed by atoms with Crippen molar-refractivity contribution in [1.29, 1.82) is 0 Å². The molecule has 0 atom stereocenters. The van der Waals surface area contributed by atoms with Gasteiger partial charge in [-0.25, -0.2) is 0 Å². The first kappa shape index (κ1) is 20.5. The lowest BCUT2D eigenvalue weighted by atomic mass is 9.86. The Morgan fingerprint density at radius 1 is 0.700 bits per heavy atom. The Balaban J connectivity index is 0.00000218. The molecule has 1 heterocycles. The molecule has 0 saturated carbocycles. The highest BCUT2D eigenvalue weighted by atomic mass is 35.5. The summed E-state index contributed by atoms with van der Waals surface area (Å²) in [5, 5.41) is 0. The summed E-state index contributed by atoms with van der Waals surface area (Å²) >= 11 is 0. The van der Waals surface area contributed by atoms with E-state index in [1.165, 1.54) is 33.4 Å². The van der Waals surface area contributed by atoms with Crippen molar-refractivity contribution < 1.29 is 0 Å². The molecule has 2 nitrogen and oxygen atoms in total. The Morgan fingerprint density at radius 2 is 1.23 bits per heavy atom. The normalized spacial score (nSPS) is 15.7. The second-order valence-electron chi connectivity index (χ2n) is 8.00. The average molecular weight is 415 g/mol. The maximum absolute atomic E-state index is 5.83. The number of rotatable bonds is 2. The molecule has 5 rings (SSSR count). The van der Waals surface area contributed by atoms with Gasteiger partial charge in [0.15, 0.2) is 0 Å². The molecule has 0 amide bonds. The van der Waals surface area contributed by atoms with E-state index in [1.807, 2.05) is 12.1 Å². The largest absolute Gasteiger partial charge is 0.399 e. The van der Waals surface area contributed by atoms with Gasteiger partial charge in [0.2, 0.25) is 0 Å². The number of nitrogens with two attached hydrogens (primary N) is 1. The number of nitrogen functional groups attached to an aromatic ring is 1. The number of fused-ring (bicyclic) bond motifs is 2. The van der Waals surface area contributed by atoms with E-state index in [-0.39, 0.29) is 12.4 Å². The summed E-state index contributed by atoms with van der Waals surface area (Å²) in [6.45, 7) is 3.19. The van der Waals surface area contributed by atoms with Crippen LogP contribution in [-0.2, 0) is 6.54 Å². The van der Waals surface area contributed by atoms with Crippen LogP contribution in [0.2, 0.25) is 0 Å². The Kier molecular flexibility index (Phi) is 6.08. The highest BCUT2D eigenvalue weighted by molar-refractivity contribution is 5.94. The number of anilines is 1. The number of halogens is 1. The summed E-state index contributed by atoms with van der Waals surface area (Å²) in [5.41, 5.74) is 16.4. The SMILES string of the molecule is Cl.Nc1ccc(CN2CCC(=C3c4ccccc4C=Cc4ccccc43)CC2)cc1. The molecule has 0 unspecified atom stereocenters. The van der Waals surface area contributed by atoms with E-state index in [0.29, 0.717) is 0 Å². The monoisotopic (exact) mass is 414 g/mol. The molecule has 0 bridgehead atoms. The van der Waals surface area contributed by atoms with Crippen molar-refractivity contribution in [2.75, 3.05) is 18.8 Å². The molecule has 2 aliphatic rings. The van der Waals surface area contributed by atoms with E-state index in [4.69, 9.17) is 5.73 Å². The molecule has 2 N–H and O–H groups in total. The molecular weight excluding hydrogens is 388 g/mol. The molecule has 3 aromatic carbocycles. The van der Waals surface area contributed by atoms with Crippen molar-refractivity contribution >= 4 is 35.8 Å². The molecule has 0 radical (unpaired) electrons. The number of hydrogen-bond donors (Lipinski definition) is 1. The summed E-state index contributed by atoms with van der Waals surface area (Å²) < 4.78 is 0. The third-order valence-corrected chi connectivity index (χ3v) is 6.10. The van der Waals surface area contributed by atoms with Gasteiger partial charge >= 0.3 is 0 Å². The number of hydrogen-bond acceptors (Lipinski definition) is 2. The molecule has 1 fully saturated rings. The lowest BCUT2D eigenvalue weighted by Gasteiger charge is -2.30. The summed E-state index contributed by atoms with van der Waals surface area (Å²) in [6, 6.07) is 25.9.